The third-order valence-electron chi connectivity index (χ3n) is 2.52. The van der Waals surface area contributed by atoms with Crippen LogP contribution in [0.15, 0.2) is 22.7 Å². The fraction of sp³-hybridized carbons (Fsp3) is 0.400. The van der Waals surface area contributed by atoms with E-state index < -0.39 is 12.2 Å². The van der Waals surface area contributed by atoms with E-state index in [0.717, 1.165) is 10.0 Å². The molecule has 1 atom stereocenters. The summed E-state index contributed by atoms with van der Waals surface area (Å²) in [6.45, 7) is 0.361. The largest absolute Gasteiger partial charge is 0.407 e. The van der Waals surface area contributed by atoms with Crippen LogP contribution in [-0.2, 0) is 6.42 Å². The summed E-state index contributed by atoms with van der Waals surface area (Å²) in [4.78, 5) is 0. The molecule has 0 fully saturated rings. The molecule has 0 radical (unpaired) electrons. The van der Waals surface area contributed by atoms with Gasteiger partial charge < -0.3 is 5.32 Å². The smallest absolute Gasteiger partial charge is 0.302 e. The van der Waals surface area contributed by atoms with Gasteiger partial charge in [0.25, 0.3) is 0 Å². The van der Waals surface area contributed by atoms with Crippen LogP contribution >= 0.6 is 28.3 Å². The van der Waals surface area contributed by atoms with Crippen molar-refractivity contribution in [1.82, 2.24) is 5.32 Å². The van der Waals surface area contributed by atoms with Crippen LogP contribution in [0.1, 0.15) is 17.2 Å². The van der Waals surface area contributed by atoms with Gasteiger partial charge in [0.15, 0.2) is 0 Å². The maximum atomic E-state index is 12.7. The Bertz CT molecular complexity index is 381. The van der Waals surface area contributed by atoms with E-state index in [4.69, 9.17) is 0 Å². The average Bonchev–Trinajstić information content (AvgIpc) is 2.16. The normalized spacial score (nSPS) is 19.9. The van der Waals surface area contributed by atoms with Crippen LogP contribution in [0.25, 0.3) is 0 Å². The van der Waals surface area contributed by atoms with Crippen LogP contribution in [0.2, 0.25) is 0 Å². The minimum absolute atomic E-state index is 0. The highest BCUT2D eigenvalue weighted by molar-refractivity contribution is 9.10. The Morgan fingerprint density at radius 2 is 2.00 bits per heavy atom. The molecule has 1 aromatic rings. The van der Waals surface area contributed by atoms with E-state index in [0.29, 0.717) is 18.5 Å². The molecule has 0 amide bonds. The van der Waals surface area contributed by atoms with Gasteiger partial charge in [-0.1, -0.05) is 28.1 Å². The summed E-state index contributed by atoms with van der Waals surface area (Å²) in [7, 11) is 0. The van der Waals surface area contributed by atoms with Crippen LogP contribution in [0.4, 0.5) is 13.2 Å². The van der Waals surface area contributed by atoms with Gasteiger partial charge >= 0.3 is 6.18 Å². The number of nitrogens with one attached hydrogen (secondary N) is 1. The number of halogens is 5. The molecule has 1 aliphatic heterocycles. The van der Waals surface area contributed by atoms with E-state index in [9.17, 15) is 13.2 Å². The van der Waals surface area contributed by atoms with Crippen LogP contribution in [0.5, 0.6) is 0 Å². The lowest BCUT2D eigenvalue weighted by Crippen LogP contribution is -2.39. The van der Waals surface area contributed by atoms with Gasteiger partial charge in [-0.2, -0.15) is 13.2 Å². The van der Waals surface area contributed by atoms with Crippen molar-refractivity contribution < 1.29 is 13.2 Å². The Kier molecular flexibility index (Phi) is 4.26. The van der Waals surface area contributed by atoms with Crippen LogP contribution in [-0.4, -0.2) is 12.7 Å². The number of hydrogen-bond donors (Lipinski definition) is 1. The Balaban J connectivity index is 0.00000128. The molecule has 0 saturated carbocycles. The standard InChI is InChI=1S/C10H9BrF3N.ClH/c11-8-3-1-2-7-6(8)4-5-15-9(7)10(12,13)14;/h1-3,9,15H,4-5H2;1H. The predicted octanol–water partition coefficient (Wildman–Crippen LogP) is 3.62. The summed E-state index contributed by atoms with van der Waals surface area (Å²) in [6.07, 6.45) is -3.60. The molecule has 1 nitrogen and oxygen atoms in total. The van der Waals surface area contributed by atoms with Crippen LogP contribution in [0.3, 0.4) is 0 Å². The van der Waals surface area contributed by atoms with Crippen molar-refractivity contribution in [3.05, 3.63) is 33.8 Å². The topological polar surface area (TPSA) is 12.0 Å². The predicted molar refractivity (Wildman–Crippen MR) is 61.9 cm³/mol. The van der Waals surface area contributed by atoms with Crippen molar-refractivity contribution in [1.29, 1.82) is 0 Å². The molecular formula is C10H10BrClF3N. The summed E-state index contributed by atoms with van der Waals surface area (Å²) in [5.74, 6) is 0. The second-order valence-electron chi connectivity index (χ2n) is 3.49. The molecule has 1 N–H and O–H groups in total. The van der Waals surface area contributed by atoms with Crippen molar-refractivity contribution in [3.63, 3.8) is 0 Å². The van der Waals surface area contributed by atoms with Gasteiger partial charge in [0, 0.05) is 11.0 Å². The van der Waals surface area contributed by atoms with E-state index in [1.165, 1.54) is 6.07 Å². The molecule has 1 heterocycles. The lowest BCUT2D eigenvalue weighted by atomic mass is 9.94. The fourth-order valence-corrected chi connectivity index (χ4v) is 2.43. The van der Waals surface area contributed by atoms with Gasteiger partial charge in [-0.15, -0.1) is 12.4 Å². The van der Waals surface area contributed by atoms with E-state index in [-0.39, 0.29) is 12.4 Å². The Morgan fingerprint density at radius 1 is 1.31 bits per heavy atom. The molecule has 0 spiro atoms. The molecular weight excluding hydrogens is 306 g/mol. The fourth-order valence-electron chi connectivity index (χ4n) is 1.85. The molecule has 90 valence electrons. The van der Waals surface area contributed by atoms with Crippen molar-refractivity contribution in [2.24, 2.45) is 0 Å². The van der Waals surface area contributed by atoms with Gasteiger partial charge in [-0.25, -0.2) is 0 Å². The molecule has 0 saturated heterocycles. The Labute approximate surface area is 106 Å². The molecule has 0 bridgehead atoms. The highest BCUT2D eigenvalue weighted by Gasteiger charge is 2.43. The van der Waals surface area contributed by atoms with Crippen molar-refractivity contribution in [2.45, 2.75) is 18.6 Å². The lowest BCUT2D eigenvalue weighted by Gasteiger charge is -2.29. The first-order chi connectivity index (χ1) is 7.00. The highest BCUT2D eigenvalue weighted by Crippen LogP contribution is 2.38. The summed E-state index contributed by atoms with van der Waals surface area (Å²) in [5.41, 5.74) is 1.10. The van der Waals surface area contributed by atoms with Gasteiger partial charge in [-0.05, 0) is 23.6 Å². The van der Waals surface area contributed by atoms with Gasteiger partial charge in [0.05, 0.1) is 0 Å². The molecule has 0 aliphatic carbocycles. The molecule has 1 aromatic carbocycles. The maximum absolute atomic E-state index is 12.7. The zero-order valence-corrected chi connectivity index (χ0v) is 10.5. The molecule has 1 unspecified atom stereocenters. The highest BCUT2D eigenvalue weighted by atomic mass is 79.9. The number of fused-ring (bicyclic) bond motifs is 1. The van der Waals surface area contributed by atoms with Gasteiger partial charge in [0.2, 0.25) is 0 Å². The number of rotatable bonds is 0. The summed E-state index contributed by atoms with van der Waals surface area (Å²) in [5, 5.41) is 2.50. The van der Waals surface area contributed by atoms with E-state index >= 15 is 0 Å². The quantitative estimate of drug-likeness (QED) is 0.771. The van der Waals surface area contributed by atoms with Crippen molar-refractivity contribution in [3.8, 4) is 0 Å². The molecule has 2 rings (SSSR count). The first kappa shape index (κ1) is 13.8. The monoisotopic (exact) mass is 315 g/mol. The number of hydrogen-bond acceptors (Lipinski definition) is 1. The zero-order chi connectivity index (χ0) is 11.1. The summed E-state index contributed by atoms with van der Waals surface area (Å²) < 4.78 is 38.8. The Morgan fingerprint density at radius 3 is 2.62 bits per heavy atom. The molecule has 1 aliphatic rings. The first-order valence-electron chi connectivity index (χ1n) is 4.57. The summed E-state index contributed by atoms with van der Waals surface area (Å²) in [6, 6.07) is 3.41. The summed E-state index contributed by atoms with van der Waals surface area (Å²) >= 11 is 3.28. The Hall–Kier alpha value is -0.260. The van der Waals surface area contributed by atoms with Crippen LogP contribution < -0.4 is 5.32 Å². The van der Waals surface area contributed by atoms with E-state index in [2.05, 4.69) is 21.2 Å². The molecule has 16 heavy (non-hydrogen) atoms. The van der Waals surface area contributed by atoms with E-state index in [1.54, 1.807) is 12.1 Å². The third-order valence-corrected chi connectivity index (χ3v) is 3.26. The second kappa shape index (κ2) is 4.94. The minimum atomic E-state index is -4.23. The van der Waals surface area contributed by atoms with Crippen LogP contribution in [0, 0.1) is 0 Å². The maximum Gasteiger partial charge on any atom is 0.407 e. The lowest BCUT2D eigenvalue weighted by molar-refractivity contribution is -0.158. The third kappa shape index (κ3) is 2.52. The number of benzene rings is 1. The molecule has 0 aromatic heterocycles. The van der Waals surface area contributed by atoms with Gasteiger partial charge in [-0.3, -0.25) is 0 Å². The van der Waals surface area contributed by atoms with Crippen molar-refractivity contribution >= 4 is 28.3 Å². The molecule has 6 heteroatoms. The van der Waals surface area contributed by atoms with Crippen molar-refractivity contribution in [2.75, 3.05) is 6.54 Å². The first-order valence-corrected chi connectivity index (χ1v) is 5.37. The van der Waals surface area contributed by atoms with Gasteiger partial charge in [0.1, 0.15) is 6.04 Å². The SMILES string of the molecule is Cl.FC(F)(F)C1NCCc2c(Br)cccc21. The zero-order valence-electron chi connectivity index (χ0n) is 8.14. The minimum Gasteiger partial charge on any atom is -0.302 e. The average molecular weight is 317 g/mol. The second-order valence-corrected chi connectivity index (χ2v) is 4.34. The van der Waals surface area contributed by atoms with E-state index in [1.807, 2.05) is 0 Å². The number of alkyl halides is 3.